The van der Waals surface area contributed by atoms with E-state index < -0.39 is 54.3 Å². The molecule has 109 heavy (non-hydrogen) atoms. The fourth-order valence-corrected chi connectivity index (χ4v) is 14.7. The molecule has 8 aromatic carbocycles. The molecule has 3 aliphatic heterocycles. The van der Waals surface area contributed by atoms with Crippen molar-refractivity contribution < 1.29 is 33.5 Å². The zero-order valence-electron chi connectivity index (χ0n) is 58.9. The van der Waals surface area contributed by atoms with E-state index in [1.165, 1.54) is 51.1 Å². The van der Waals surface area contributed by atoms with Crippen molar-refractivity contribution in [2.75, 3.05) is 93.2 Å². The number of amides is 3. The highest BCUT2D eigenvalue weighted by atomic mass is 35.5. The summed E-state index contributed by atoms with van der Waals surface area (Å²) in [5.41, 5.74) is 4.60. The number of aryl methyl sites for hydroxylation is 4. The third-order valence-electron chi connectivity index (χ3n) is 19.4. The van der Waals surface area contributed by atoms with Crippen molar-refractivity contribution in [3.05, 3.63) is 306 Å². The van der Waals surface area contributed by atoms with Crippen LogP contribution in [0.2, 0.25) is 30.1 Å². The monoisotopic (exact) mass is 1590 g/mol. The predicted octanol–water partition coefficient (Wildman–Crippen LogP) is 15.2. The minimum atomic E-state index is -0.745. The van der Waals surface area contributed by atoms with Crippen LogP contribution in [-0.2, 0) is 20.1 Å². The third-order valence-corrected chi connectivity index (χ3v) is 21.6. The van der Waals surface area contributed by atoms with E-state index in [1.807, 2.05) is 103 Å². The van der Waals surface area contributed by atoms with Gasteiger partial charge in [-0.1, -0.05) is 147 Å². The number of halogens is 7. The Hall–Kier alpha value is -10.9. The van der Waals surface area contributed by atoms with Crippen LogP contribution in [0.3, 0.4) is 0 Å². The average Bonchev–Trinajstić information content (AvgIpc) is 0.754. The molecule has 0 N–H and O–H groups in total. The first-order valence-corrected chi connectivity index (χ1v) is 36.5. The number of hydrogen-bond donors (Lipinski definition) is 0. The Kier molecular flexibility index (Phi) is 23.4. The van der Waals surface area contributed by atoms with Crippen molar-refractivity contribution in [2.24, 2.45) is 7.05 Å². The second kappa shape index (κ2) is 32.9. The van der Waals surface area contributed by atoms with Gasteiger partial charge in [0.05, 0.1) is 74.5 Å². The lowest BCUT2D eigenvalue weighted by Gasteiger charge is -2.36. The maximum absolute atomic E-state index is 13.6. The largest absolute Gasteiger partial charge is 0.362 e. The maximum atomic E-state index is 13.6. The molecule has 0 unspecified atom stereocenters. The number of rotatable bonds is 13. The number of nitrogens with zero attached hydrogens (tertiary/aromatic N) is 12. The molecule has 0 atom stereocenters. The Labute approximate surface area is 651 Å². The van der Waals surface area contributed by atoms with E-state index in [9.17, 15) is 63.5 Å². The molecule has 3 amide bonds. The highest BCUT2D eigenvalue weighted by molar-refractivity contribution is 6.43. The summed E-state index contributed by atoms with van der Waals surface area (Å²) >= 11 is 36.1. The lowest BCUT2D eigenvalue weighted by Crippen LogP contribution is -2.49. The zero-order valence-corrected chi connectivity index (χ0v) is 63.4. The van der Waals surface area contributed by atoms with Gasteiger partial charge in [-0.25, -0.2) is 4.39 Å². The van der Waals surface area contributed by atoms with Gasteiger partial charge in [0.1, 0.15) is 22.9 Å². The fourth-order valence-electron chi connectivity index (χ4n) is 13.9. The summed E-state index contributed by atoms with van der Waals surface area (Å²) in [5, 5.41) is 40.3. The number of carbonyl (C=O) groups is 3. The molecule has 0 aliphatic carbocycles. The van der Waals surface area contributed by atoms with E-state index in [1.54, 1.807) is 80.3 Å². The minimum Gasteiger partial charge on any atom is -0.362 e. The number of carbonyl (C=O) groups excluding carboxylic acids is 3. The first-order chi connectivity index (χ1) is 52.1. The first kappa shape index (κ1) is 77.7. The number of anilines is 3. The van der Waals surface area contributed by atoms with Crippen molar-refractivity contribution in [3.8, 4) is 0 Å². The van der Waals surface area contributed by atoms with Gasteiger partial charge < -0.3 is 34.0 Å². The topological polar surface area (TPSA) is 266 Å². The van der Waals surface area contributed by atoms with Gasteiger partial charge >= 0.3 is 33.7 Å². The van der Waals surface area contributed by atoms with Crippen LogP contribution in [0.25, 0.3) is 32.7 Å². The van der Waals surface area contributed by atoms with Gasteiger partial charge in [0.25, 0.3) is 17.7 Å². The summed E-state index contributed by atoms with van der Waals surface area (Å²) in [6, 6.07) is 45.8. The highest BCUT2D eigenvalue weighted by Gasteiger charge is 2.37. The Morgan fingerprint density at radius 1 is 0.376 bits per heavy atom. The Morgan fingerprint density at radius 3 is 1.00 bits per heavy atom. The van der Waals surface area contributed by atoms with Gasteiger partial charge in [0.2, 0.25) is 0 Å². The second-order valence-corrected chi connectivity index (χ2v) is 28.9. The second-order valence-electron chi connectivity index (χ2n) is 26.4. The lowest BCUT2D eigenvalue weighted by molar-refractivity contribution is -0.385. The van der Waals surface area contributed by atoms with Crippen LogP contribution in [0.5, 0.6) is 0 Å². The van der Waals surface area contributed by atoms with Crippen LogP contribution >= 0.6 is 69.6 Å². The van der Waals surface area contributed by atoms with Crippen molar-refractivity contribution in [1.82, 2.24) is 28.4 Å². The number of fused-ring (bicyclic) bond motifs is 3. The number of hydrogen-bond acceptors (Lipinski definition) is 15. The van der Waals surface area contributed by atoms with Crippen LogP contribution in [0.1, 0.15) is 58.9 Å². The normalized spacial score (nSPS) is 13.8. The van der Waals surface area contributed by atoms with Crippen molar-refractivity contribution in [1.29, 1.82) is 0 Å². The number of nitro groups is 3. The molecule has 3 aromatic heterocycles. The number of piperazine rings is 3. The van der Waals surface area contributed by atoms with E-state index in [4.69, 9.17) is 69.6 Å². The van der Waals surface area contributed by atoms with Gasteiger partial charge in [-0.3, -0.25) is 68.2 Å². The standard InChI is InChI=1S/C28H23Cl2FN4O4.C28H24Cl2N4O4.C22H20Cl2N4O4/c1-17-2-9-24-21(14-17)25(26(35(38)39)28(37)34(24)16-18-3-6-20(31)7-4-18)32-10-12-33(13-11-32)27(36)19-5-8-22(29)23(30)15-19;1-18-7-10-24-21(15-18)25(26(34(37)38)28(36)33(24)17-19-5-3-2-4-6-19)31-11-13-32(14-12-31)27(35)20-8-9-22(29)23(30)16-20;1-13-3-6-18-15(11-13)19(20(28(31)32)22(30)25(18)2)26-7-9-27(10-8-26)21(29)14-4-5-16(23)17(24)12-14/h2-9,14-15H,10-13,16H2,1H3;2-10,15-16H,11-14,17H2,1H3;3-6,11-12H,7-10H2,1-2H3. The molecule has 6 heterocycles. The summed E-state index contributed by atoms with van der Waals surface area (Å²) in [4.78, 5) is 124. The van der Waals surface area contributed by atoms with Crippen LogP contribution in [-0.4, -0.2) is 139 Å². The van der Waals surface area contributed by atoms with Crippen LogP contribution in [0.4, 0.5) is 38.5 Å². The molecule has 0 spiro atoms. The zero-order chi connectivity index (χ0) is 78.0. The summed E-state index contributed by atoms with van der Waals surface area (Å²) in [5.74, 6) is -1.03. The molecule has 3 aliphatic rings. The van der Waals surface area contributed by atoms with Gasteiger partial charge in [-0.15, -0.1) is 0 Å². The number of benzene rings is 8. The Balaban J connectivity index is 0.000000153. The highest BCUT2D eigenvalue weighted by Crippen LogP contribution is 2.40. The van der Waals surface area contributed by atoms with Crippen LogP contribution in [0.15, 0.2) is 178 Å². The molecule has 3 saturated heterocycles. The molecular formula is C78H67Cl6FN12O12. The maximum Gasteiger partial charge on any atom is 0.357 e. The summed E-state index contributed by atoms with van der Waals surface area (Å²) < 4.78 is 17.6. The summed E-state index contributed by atoms with van der Waals surface area (Å²) in [7, 11) is 1.53. The molecule has 3 fully saturated rings. The van der Waals surface area contributed by atoms with E-state index in [0.717, 1.165) is 22.3 Å². The SMILES string of the molecule is Cc1ccc2c(c1)c(N1CCN(C(=O)c3ccc(Cl)c(Cl)c3)CC1)c([N+](=O)[O-])c(=O)n2C.Cc1ccc2c(c1)c(N1CCN(C(=O)c3ccc(Cl)c(Cl)c3)CC1)c([N+](=O)[O-])c(=O)n2Cc1ccc(F)cc1.Cc1ccc2c(c1)c(N1CCN(C(=O)c3ccc(Cl)c(Cl)c3)CC1)c([N+](=O)[O-])c(=O)n2Cc1ccccc1. The molecule has 0 saturated carbocycles. The molecule has 14 rings (SSSR count). The third kappa shape index (κ3) is 16.4. The van der Waals surface area contributed by atoms with E-state index >= 15 is 0 Å². The van der Waals surface area contributed by atoms with Gasteiger partial charge in [-0.2, -0.15) is 0 Å². The van der Waals surface area contributed by atoms with Crippen LogP contribution < -0.4 is 31.4 Å². The van der Waals surface area contributed by atoms with Crippen molar-refractivity contribution >= 4 is 154 Å². The van der Waals surface area contributed by atoms with Gasteiger partial charge in [0, 0.05) is 118 Å². The summed E-state index contributed by atoms with van der Waals surface area (Å²) in [6.45, 7) is 9.83. The molecule has 31 heteroatoms. The molecule has 11 aromatic rings. The molecular weight excluding hydrogens is 1530 g/mol. The van der Waals surface area contributed by atoms with Crippen LogP contribution in [0, 0.1) is 56.9 Å². The molecule has 560 valence electrons. The minimum absolute atomic E-state index is 0.0473. The Morgan fingerprint density at radius 2 is 0.679 bits per heavy atom. The summed E-state index contributed by atoms with van der Waals surface area (Å²) in [6.07, 6.45) is 0. The van der Waals surface area contributed by atoms with E-state index in [2.05, 4.69) is 0 Å². The molecule has 0 bridgehead atoms. The smallest absolute Gasteiger partial charge is 0.357 e. The number of aromatic nitrogens is 3. The average molecular weight is 1600 g/mol. The molecule has 24 nitrogen and oxygen atoms in total. The fraction of sp³-hybridized carbons (Fsp3) is 0.231. The van der Waals surface area contributed by atoms with Gasteiger partial charge in [0.15, 0.2) is 0 Å². The predicted molar refractivity (Wildman–Crippen MR) is 425 cm³/mol. The molecule has 0 radical (unpaired) electrons. The first-order valence-electron chi connectivity index (χ1n) is 34.2. The quantitative estimate of drug-likeness (QED) is 0.0767. The lowest BCUT2D eigenvalue weighted by atomic mass is 10.1. The Bertz CT molecular complexity index is 5690. The van der Waals surface area contributed by atoms with Gasteiger partial charge in [-0.05, 0) is 135 Å². The van der Waals surface area contributed by atoms with Crippen molar-refractivity contribution in [2.45, 2.75) is 33.9 Å². The van der Waals surface area contributed by atoms with E-state index in [0.29, 0.717) is 170 Å². The van der Waals surface area contributed by atoms with E-state index in [-0.39, 0.29) is 41.5 Å². The van der Waals surface area contributed by atoms with Crippen molar-refractivity contribution in [3.63, 3.8) is 0 Å². The number of pyridine rings is 3.